The van der Waals surface area contributed by atoms with Crippen molar-refractivity contribution in [2.24, 2.45) is 9.98 Å². The zero-order chi connectivity index (χ0) is 17.0. The number of benzene rings is 2. The summed E-state index contributed by atoms with van der Waals surface area (Å²) in [5, 5.41) is 0. The maximum Gasteiger partial charge on any atom is 0.240 e. The molecule has 0 bridgehead atoms. The van der Waals surface area contributed by atoms with Gasteiger partial charge in [-0.15, -0.1) is 0 Å². The minimum atomic E-state index is -0.234. The van der Waals surface area contributed by atoms with Gasteiger partial charge in [0.2, 0.25) is 12.2 Å². The van der Waals surface area contributed by atoms with Crippen molar-refractivity contribution in [3.05, 3.63) is 58.7 Å². The number of carbonyl (C=O) groups excluding carboxylic acids is 2. The Kier molecular flexibility index (Phi) is 4.71. The van der Waals surface area contributed by atoms with Crippen LogP contribution in [0.1, 0.15) is 36.1 Å². The quantitative estimate of drug-likeness (QED) is 0.614. The lowest BCUT2D eigenvalue weighted by atomic mass is 9.75. The number of hydrogen-bond donors (Lipinski definition) is 0. The molecule has 0 N–H and O–H groups in total. The van der Waals surface area contributed by atoms with Gasteiger partial charge < -0.3 is 0 Å². The van der Waals surface area contributed by atoms with Crippen molar-refractivity contribution < 1.29 is 9.59 Å². The Hall–Kier alpha value is -2.80. The first-order valence-corrected chi connectivity index (χ1v) is 7.28. The Morgan fingerprint density at radius 3 is 2.00 bits per heavy atom. The number of rotatable bonds is 4. The predicted octanol–water partition coefficient (Wildman–Crippen LogP) is 4.56. The van der Waals surface area contributed by atoms with Crippen LogP contribution in [0, 0.1) is 13.8 Å². The smallest absolute Gasteiger partial charge is 0.211 e. The number of isocyanates is 2. The van der Waals surface area contributed by atoms with Crippen LogP contribution in [0.25, 0.3) is 0 Å². The molecule has 0 spiro atoms. The third kappa shape index (κ3) is 3.19. The molecular formula is C19H18N2O2. The molecule has 0 atom stereocenters. The SMILES string of the molecule is Cc1c(N=C=O)ccc(C(C)(C)c2ccc(N=C=O)cc2)c1C. The van der Waals surface area contributed by atoms with Crippen molar-refractivity contribution >= 4 is 23.5 Å². The second-order valence-corrected chi connectivity index (χ2v) is 5.96. The van der Waals surface area contributed by atoms with Gasteiger partial charge in [-0.1, -0.05) is 32.0 Å². The second kappa shape index (κ2) is 6.53. The van der Waals surface area contributed by atoms with Crippen LogP contribution in [0.15, 0.2) is 46.4 Å². The summed E-state index contributed by atoms with van der Waals surface area (Å²) in [5.41, 5.74) is 5.34. The van der Waals surface area contributed by atoms with Crippen LogP contribution in [-0.2, 0) is 15.0 Å². The Bertz CT molecular complexity index is 823. The standard InChI is InChI=1S/C19H18N2O2/c1-13-14(2)18(21-12-23)10-9-17(13)19(3,4)15-5-7-16(8-6-15)20-11-22/h5-10H,1-4H3. The van der Waals surface area contributed by atoms with E-state index in [9.17, 15) is 9.59 Å². The highest BCUT2D eigenvalue weighted by Gasteiger charge is 2.26. The van der Waals surface area contributed by atoms with Crippen LogP contribution in [0.2, 0.25) is 0 Å². The zero-order valence-electron chi connectivity index (χ0n) is 13.7. The van der Waals surface area contributed by atoms with Crippen LogP contribution in [0.3, 0.4) is 0 Å². The van der Waals surface area contributed by atoms with Crippen molar-refractivity contribution in [3.8, 4) is 0 Å². The molecule has 0 radical (unpaired) electrons. The molecule has 0 saturated heterocycles. The zero-order valence-corrected chi connectivity index (χ0v) is 13.7. The normalized spacial score (nSPS) is 10.6. The van der Waals surface area contributed by atoms with Crippen LogP contribution in [0.4, 0.5) is 11.4 Å². The molecule has 0 heterocycles. The molecule has 4 heteroatoms. The molecule has 23 heavy (non-hydrogen) atoms. The van der Waals surface area contributed by atoms with Gasteiger partial charge in [0.25, 0.3) is 0 Å². The highest BCUT2D eigenvalue weighted by atomic mass is 16.1. The van der Waals surface area contributed by atoms with E-state index in [-0.39, 0.29) is 5.41 Å². The Labute approximate surface area is 135 Å². The number of nitrogens with zero attached hydrogens (tertiary/aromatic N) is 2. The highest BCUT2D eigenvalue weighted by Crippen LogP contribution is 2.37. The van der Waals surface area contributed by atoms with Crippen molar-refractivity contribution in [1.82, 2.24) is 0 Å². The lowest BCUT2D eigenvalue weighted by molar-refractivity contribution is 0.564. The molecule has 4 nitrogen and oxygen atoms in total. The van der Waals surface area contributed by atoms with Crippen LogP contribution >= 0.6 is 0 Å². The summed E-state index contributed by atoms with van der Waals surface area (Å²) in [5.74, 6) is 0. The molecule has 0 aliphatic carbocycles. The van der Waals surface area contributed by atoms with Crippen LogP contribution < -0.4 is 0 Å². The van der Waals surface area contributed by atoms with E-state index in [2.05, 4.69) is 23.8 Å². The fourth-order valence-electron chi connectivity index (χ4n) is 2.81. The Morgan fingerprint density at radius 2 is 1.43 bits per heavy atom. The van der Waals surface area contributed by atoms with Crippen molar-refractivity contribution in [2.45, 2.75) is 33.1 Å². The van der Waals surface area contributed by atoms with Gasteiger partial charge in [0.1, 0.15) is 0 Å². The molecular weight excluding hydrogens is 288 g/mol. The predicted molar refractivity (Wildman–Crippen MR) is 90.0 cm³/mol. The van der Waals surface area contributed by atoms with Gasteiger partial charge in [-0.25, -0.2) is 9.59 Å². The van der Waals surface area contributed by atoms with Gasteiger partial charge in [-0.2, -0.15) is 9.98 Å². The number of aliphatic imine (C=N–C) groups is 2. The van der Waals surface area contributed by atoms with E-state index in [4.69, 9.17) is 0 Å². The molecule has 116 valence electrons. The third-order valence-corrected chi connectivity index (χ3v) is 4.36. The third-order valence-electron chi connectivity index (χ3n) is 4.36. The van der Waals surface area contributed by atoms with Crippen molar-refractivity contribution in [2.75, 3.05) is 0 Å². The van der Waals surface area contributed by atoms with E-state index in [0.29, 0.717) is 11.4 Å². The van der Waals surface area contributed by atoms with E-state index < -0.39 is 0 Å². The molecule has 2 aromatic carbocycles. The summed E-state index contributed by atoms with van der Waals surface area (Å²) in [7, 11) is 0. The summed E-state index contributed by atoms with van der Waals surface area (Å²) in [6, 6.07) is 11.4. The maximum absolute atomic E-state index is 10.5. The van der Waals surface area contributed by atoms with Gasteiger partial charge in [0.15, 0.2) is 0 Å². The molecule has 0 amide bonds. The highest BCUT2D eigenvalue weighted by molar-refractivity contribution is 5.60. The lowest BCUT2D eigenvalue weighted by Crippen LogP contribution is -2.20. The Balaban J connectivity index is 2.52. The van der Waals surface area contributed by atoms with Crippen LogP contribution in [-0.4, -0.2) is 12.2 Å². The van der Waals surface area contributed by atoms with E-state index in [1.165, 1.54) is 0 Å². The van der Waals surface area contributed by atoms with E-state index in [1.54, 1.807) is 24.3 Å². The first-order valence-electron chi connectivity index (χ1n) is 7.28. The largest absolute Gasteiger partial charge is 0.240 e. The number of hydrogen-bond acceptors (Lipinski definition) is 4. The molecule has 0 unspecified atom stereocenters. The maximum atomic E-state index is 10.5. The second-order valence-electron chi connectivity index (χ2n) is 5.96. The molecule has 2 rings (SSSR count). The van der Waals surface area contributed by atoms with Crippen molar-refractivity contribution in [1.29, 1.82) is 0 Å². The monoisotopic (exact) mass is 306 g/mol. The summed E-state index contributed by atoms with van der Waals surface area (Å²) in [4.78, 5) is 28.2. The summed E-state index contributed by atoms with van der Waals surface area (Å²) in [6.07, 6.45) is 3.14. The van der Waals surface area contributed by atoms with Gasteiger partial charge in [0, 0.05) is 5.41 Å². The first-order chi connectivity index (χ1) is 10.9. The Morgan fingerprint density at radius 1 is 0.826 bits per heavy atom. The summed E-state index contributed by atoms with van der Waals surface area (Å²) < 4.78 is 0. The van der Waals surface area contributed by atoms with E-state index in [0.717, 1.165) is 22.3 Å². The van der Waals surface area contributed by atoms with Gasteiger partial charge in [0.05, 0.1) is 11.4 Å². The molecule has 0 saturated carbocycles. The van der Waals surface area contributed by atoms with Crippen LogP contribution in [0.5, 0.6) is 0 Å². The fraction of sp³-hybridized carbons (Fsp3) is 0.263. The van der Waals surface area contributed by atoms with Gasteiger partial charge in [-0.05, 0) is 54.3 Å². The average Bonchev–Trinajstić information content (AvgIpc) is 2.53. The lowest BCUT2D eigenvalue weighted by Gasteiger charge is -2.29. The molecule has 0 aliphatic heterocycles. The van der Waals surface area contributed by atoms with E-state index in [1.807, 2.05) is 38.1 Å². The summed E-state index contributed by atoms with van der Waals surface area (Å²) in [6.45, 7) is 8.25. The minimum Gasteiger partial charge on any atom is -0.211 e. The average molecular weight is 306 g/mol. The molecule has 2 aromatic rings. The molecule has 0 aliphatic rings. The van der Waals surface area contributed by atoms with Crippen molar-refractivity contribution in [3.63, 3.8) is 0 Å². The van der Waals surface area contributed by atoms with Gasteiger partial charge >= 0.3 is 0 Å². The molecule has 0 fully saturated rings. The minimum absolute atomic E-state index is 0.234. The van der Waals surface area contributed by atoms with E-state index >= 15 is 0 Å². The first kappa shape index (κ1) is 16.6. The molecule has 0 aromatic heterocycles. The topological polar surface area (TPSA) is 58.9 Å². The summed E-state index contributed by atoms with van der Waals surface area (Å²) >= 11 is 0. The van der Waals surface area contributed by atoms with Gasteiger partial charge in [-0.3, -0.25) is 0 Å². The fourth-order valence-corrected chi connectivity index (χ4v) is 2.81.